The van der Waals surface area contributed by atoms with Gasteiger partial charge in [0.25, 0.3) is 68.8 Å². The summed E-state index contributed by atoms with van der Waals surface area (Å²) in [6.07, 6.45) is 4.39. The Kier molecular flexibility index (Phi) is 29.3. The number of carbonyl (C=O) groups is 6. The minimum absolute atomic E-state index is 0.00940. The highest BCUT2D eigenvalue weighted by Crippen LogP contribution is 2.29. The van der Waals surface area contributed by atoms with E-state index < -0.39 is 132 Å². The van der Waals surface area contributed by atoms with Crippen molar-refractivity contribution in [2.24, 2.45) is 7.05 Å². The third-order valence-electron chi connectivity index (χ3n) is 16.0. The molecule has 35 heteroatoms. The Labute approximate surface area is 562 Å². The Morgan fingerprint density at radius 2 is 0.727 bits per heavy atom. The first-order valence-corrected chi connectivity index (χ1v) is 30.6. The van der Waals surface area contributed by atoms with E-state index in [1.165, 1.54) is 77.0 Å². The lowest BCUT2D eigenvalue weighted by molar-refractivity contribution is 0.0816. The van der Waals surface area contributed by atoms with E-state index in [0.29, 0.717) is 30.8 Å². The number of pyridine rings is 6. The van der Waals surface area contributed by atoms with E-state index in [1.54, 1.807) is 50.7 Å². The summed E-state index contributed by atoms with van der Waals surface area (Å²) in [7, 11) is 9.39. The van der Waals surface area contributed by atoms with Gasteiger partial charge >= 0.3 is 0 Å². The maximum Gasteiger partial charge on any atom is 0.269 e. The molecule has 0 saturated carbocycles. The fraction of sp³-hybridized carbons (Fsp3) is 0.438. The Balaban J connectivity index is 0.000000309. The minimum Gasteiger partial charge on any atom is -0.507 e. The summed E-state index contributed by atoms with van der Waals surface area (Å²) in [5.41, 5.74) is -3.44. The quantitative estimate of drug-likeness (QED) is 0.0828. The average Bonchev–Trinajstić information content (AvgIpc) is 1.69. The van der Waals surface area contributed by atoms with Crippen molar-refractivity contribution in [2.45, 2.75) is 134 Å². The summed E-state index contributed by atoms with van der Waals surface area (Å²) in [6, 6.07) is -0.305. The largest absolute Gasteiger partial charge is 0.507 e. The third kappa shape index (κ3) is 17.1. The van der Waals surface area contributed by atoms with Crippen molar-refractivity contribution in [3.8, 4) is 34.5 Å². The van der Waals surface area contributed by atoms with Crippen molar-refractivity contribution in [2.75, 3.05) is 48.9 Å². The Bertz CT molecular complexity index is 4490. The van der Waals surface area contributed by atoms with Crippen LogP contribution in [0.15, 0.2) is 28.8 Å². The summed E-state index contributed by atoms with van der Waals surface area (Å²) in [5, 5.41) is 71.1. The molecule has 0 bridgehead atoms. The van der Waals surface area contributed by atoms with Crippen molar-refractivity contribution in [1.82, 2.24) is 59.3 Å². The van der Waals surface area contributed by atoms with Gasteiger partial charge in [0.05, 0.1) is 22.8 Å². The molecule has 6 aromatic heterocycles. The fourth-order valence-electron chi connectivity index (χ4n) is 10.4. The second-order valence-electron chi connectivity index (χ2n) is 22.1. The van der Waals surface area contributed by atoms with Crippen LogP contribution in [0.3, 0.4) is 0 Å². The van der Waals surface area contributed by atoms with E-state index in [0.717, 1.165) is 61.8 Å². The molecule has 0 fully saturated rings. The van der Waals surface area contributed by atoms with Crippen LogP contribution in [0.25, 0.3) is 0 Å². The minimum atomic E-state index is -1.01. The number of amides is 6. The summed E-state index contributed by atoms with van der Waals surface area (Å²) >= 11 is 0. The van der Waals surface area contributed by atoms with Crippen LogP contribution >= 0.6 is 0 Å². The number of rotatable bonds is 11. The van der Waals surface area contributed by atoms with Gasteiger partial charge in [-0.15, -0.1) is 0 Å². The van der Waals surface area contributed by atoms with Gasteiger partial charge in [-0.25, -0.2) is 17.6 Å². The van der Waals surface area contributed by atoms with Gasteiger partial charge in [-0.1, -0.05) is 0 Å². The van der Waals surface area contributed by atoms with Crippen LogP contribution < -0.4 is 65.3 Å². The number of carbonyl (C=O) groups excluding carboxylic acids is 6. The molecule has 8 rings (SSSR count). The second-order valence-corrected chi connectivity index (χ2v) is 22.1. The molecular weight excluding hydrogens is 1320 g/mol. The summed E-state index contributed by atoms with van der Waals surface area (Å²) < 4.78 is 66.7. The van der Waals surface area contributed by atoms with Crippen molar-refractivity contribution >= 4 is 35.4 Å². The molecule has 99 heavy (non-hydrogen) atoms. The van der Waals surface area contributed by atoms with Gasteiger partial charge in [0.15, 0.2) is 46.3 Å². The van der Waals surface area contributed by atoms with E-state index in [2.05, 4.69) is 31.9 Å². The standard InChI is InChI=1S/C12H16N2O3.C11H15FN2O4.C11H15FN2O3.C11H14N2O3.C10H13FN2O3.C9H11FN2O3/c1-7-8-5-3-4-6-14(8)12(17)9(10(7)15)11(16)13-2;1-4-18-5-14-6(2)8(12)9(15)7(11(14)17)10(16)13-3;1-5(2)14-6(3)8(12)9(15)7(11(14)17)10(16)13-4;1-6-7-4-3-5-13(7)11(16)8(9(6)14)10(15)12-2;1-4-13-5(2)7(11)8(14)6(10(13)16)9(15)12-3;1-4-6(10)7(13)5(8(14)11-2)9(15)12(4)3/h15H,3-6H2,1-2H3,(H,13,16);15H,4-5H2,1-3H3,(H,13,16);5,15H,1-4H3,(H,13,16);14H,3-5H2,1-2H3,(H,12,15);14H,4H2,1-3H3,(H,12,15);13H,1-3H3,(H,11,14). The zero-order valence-corrected chi connectivity index (χ0v) is 57.8. The maximum absolute atomic E-state index is 13.7. The average molecular weight is 1400 g/mol. The van der Waals surface area contributed by atoms with E-state index in [4.69, 9.17) is 4.74 Å². The molecule has 0 aliphatic carbocycles. The summed E-state index contributed by atoms with van der Waals surface area (Å²) in [6.45, 7) is 17.3. The number of hydrogen-bond donors (Lipinski definition) is 12. The molecule has 0 radical (unpaired) electrons. The van der Waals surface area contributed by atoms with Gasteiger partial charge in [0, 0.05) is 104 Å². The molecule has 0 aromatic carbocycles. The first-order chi connectivity index (χ1) is 46.3. The molecule has 12 N–H and O–H groups in total. The van der Waals surface area contributed by atoms with Crippen LogP contribution in [0.2, 0.25) is 0 Å². The molecule has 0 saturated heterocycles. The number of hydrogen-bond acceptors (Lipinski definition) is 19. The van der Waals surface area contributed by atoms with Crippen LogP contribution in [0, 0.1) is 64.8 Å². The SMILES string of the molecule is CCOCn1c(C)c(F)c(O)c(C(=O)NC)c1=O.CCn1c(C)c(F)c(O)c(C(=O)NC)c1=O.CNC(=O)c1c(O)c(C)c2n(c1=O)CCC2.CNC(=O)c1c(O)c(C)c2n(c1=O)CCCC2.CNC(=O)c1c(O)c(F)c(C)n(C(C)C)c1=O.CNC(=O)c1c(O)c(F)c(C)n(C)c1=O. The number of nitrogens with one attached hydrogen (secondary N) is 6. The normalized spacial score (nSPS) is 11.6. The van der Waals surface area contributed by atoms with Crippen molar-refractivity contribution < 1.29 is 81.7 Å². The van der Waals surface area contributed by atoms with Crippen LogP contribution in [0.1, 0.15) is 160 Å². The van der Waals surface area contributed by atoms with Crippen LogP contribution in [-0.4, -0.2) is 142 Å². The molecule has 2 aliphatic rings. The number of nitrogens with zero attached hydrogens (tertiary/aromatic N) is 6. The molecule has 542 valence electrons. The van der Waals surface area contributed by atoms with Gasteiger partial charge in [-0.2, -0.15) is 0 Å². The van der Waals surface area contributed by atoms with Crippen LogP contribution in [0.5, 0.6) is 34.5 Å². The highest BCUT2D eigenvalue weighted by Gasteiger charge is 2.30. The molecule has 0 spiro atoms. The van der Waals surface area contributed by atoms with E-state index in [1.807, 2.05) is 0 Å². The second kappa shape index (κ2) is 35.3. The Hall–Kier alpha value is -11.0. The van der Waals surface area contributed by atoms with Gasteiger partial charge in [0.1, 0.15) is 51.6 Å². The van der Waals surface area contributed by atoms with Crippen LogP contribution in [-0.2, 0) is 51.0 Å². The molecule has 31 nitrogen and oxygen atoms in total. The van der Waals surface area contributed by atoms with E-state index >= 15 is 0 Å². The first kappa shape index (κ1) is 82.2. The zero-order chi connectivity index (χ0) is 75.8. The van der Waals surface area contributed by atoms with Crippen LogP contribution in [0.4, 0.5) is 17.6 Å². The first-order valence-electron chi connectivity index (χ1n) is 30.6. The van der Waals surface area contributed by atoms with Gasteiger partial charge in [0.2, 0.25) is 0 Å². The topological polar surface area (TPSA) is 437 Å². The van der Waals surface area contributed by atoms with Gasteiger partial charge < -0.3 is 90.1 Å². The smallest absolute Gasteiger partial charge is 0.269 e. The van der Waals surface area contributed by atoms with Crippen molar-refractivity contribution in [1.29, 1.82) is 0 Å². The molecule has 0 atom stereocenters. The molecule has 0 unspecified atom stereocenters. The van der Waals surface area contributed by atoms with Crippen molar-refractivity contribution in [3.63, 3.8) is 0 Å². The summed E-state index contributed by atoms with van der Waals surface area (Å²) in [4.78, 5) is 140. The molecule has 6 amide bonds. The predicted octanol–water partition coefficient (Wildman–Crippen LogP) is 2.30. The maximum atomic E-state index is 13.7. The molecule has 6 aromatic rings. The highest BCUT2D eigenvalue weighted by atomic mass is 19.1. The van der Waals surface area contributed by atoms with Crippen molar-refractivity contribution in [3.05, 3.63) is 164 Å². The van der Waals surface area contributed by atoms with E-state index in [9.17, 15) is 106 Å². The molecular formula is C64H84F4N12O19. The Morgan fingerprint density at radius 1 is 0.424 bits per heavy atom. The lowest BCUT2D eigenvalue weighted by Gasteiger charge is -2.22. The highest BCUT2D eigenvalue weighted by molar-refractivity contribution is 5.99. The number of aromatic hydroxyl groups is 6. The zero-order valence-electron chi connectivity index (χ0n) is 57.8. The summed E-state index contributed by atoms with van der Waals surface area (Å²) in [5.74, 6) is -12.2. The third-order valence-corrected chi connectivity index (χ3v) is 16.0. The lowest BCUT2D eigenvalue weighted by Crippen LogP contribution is -2.35. The predicted molar refractivity (Wildman–Crippen MR) is 353 cm³/mol. The number of ether oxygens (including phenoxy) is 1. The lowest BCUT2D eigenvalue weighted by atomic mass is 10.0. The fourth-order valence-corrected chi connectivity index (χ4v) is 10.4. The number of aromatic nitrogens is 6. The Morgan fingerprint density at radius 3 is 1.08 bits per heavy atom. The van der Waals surface area contributed by atoms with Gasteiger partial charge in [-0.3, -0.25) is 62.1 Å². The molecule has 8 heterocycles. The number of halogens is 4. The molecule has 2 aliphatic heterocycles. The van der Waals surface area contributed by atoms with E-state index in [-0.39, 0.29) is 70.3 Å². The monoisotopic (exact) mass is 1400 g/mol. The van der Waals surface area contributed by atoms with Gasteiger partial charge in [-0.05, 0) is 101 Å². The number of fused-ring (bicyclic) bond motifs is 2.